The first-order chi connectivity index (χ1) is 10.0. The Hall–Kier alpha value is -1.01. The van der Waals surface area contributed by atoms with Crippen LogP contribution >= 0.6 is 35.0 Å². The number of aliphatic hydroxyl groups excluding tert-OH is 1. The van der Waals surface area contributed by atoms with Crippen molar-refractivity contribution in [3.8, 4) is 5.75 Å². The molecule has 0 saturated heterocycles. The fraction of sp³-hybridized carbons (Fsp3) is 0.286. The average Bonchev–Trinajstić information content (AvgIpc) is 2.47. The number of thioether (sulfide) groups is 1. The van der Waals surface area contributed by atoms with E-state index in [4.69, 9.17) is 27.9 Å². The fourth-order valence-electron chi connectivity index (χ4n) is 1.45. The van der Waals surface area contributed by atoms with Crippen LogP contribution in [0.3, 0.4) is 0 Å². The smallest absolute Gasteiger partial charge is 0.187 e. The van der Waals surface area contributed by atoms with E-state index in [0.717, 1.165) is 5.56 Å². The zero-order valence-corrected chi connectivity index (χ0v) is 13.6. The molecule has 0 amide bonds. The van der Waals surface area contributed by atoms with Gasteiger partial charge >= 0.3 is 0 Å². The van der Waals surface area contributed by atoms with E-state index in [1.165, 1.54) is 11.8 Å². The molecule has 2 rings (SSSR count). The molecule has 0 aliphatic rings. The molecule has 0 saturated carbocycles. The first-order valence-electron chi connectivity index (χ1n) is 6.22. The van der Waals surface area contributed by atoms with Crippen LogP contribution in [0.2, 0.25) is 10.0 Å². The summed E-state index contributed by atoms with van der Waals surface area (Å²) >= 11 is 13.2. The summed E-state index contributed by atoms with van der Waals surface area (Å²) in [4.78, 5) is 8.31. The third-order valence-corrected chi connectivity index (χ3v) is 4.05. The summed E-state index contributed by atoms with van der Waals surface area (Å²) in [5.74, 6) is 0.890. The number of aryl methyl sites for hydroxylation is 1. The molecule has 112 valence electrons. The van der Waals surface area contributed by atoms with E-state index in [0.29, 0.717) is 26.7 Å². The number of halogens is 2. The summed E-state index contributed by atoms with van der Waals surface area (Å²) in [6.07, 6.45) is 2.82. The molecule has 4 nitrogen and oxygen atoms in total. The van der Waals surface area contributed by atoms with Gasteiger partial charge in [-0.3, -0.25) is 0 Å². The minimum Gasteiger partial charge on any atom is -0.489 e. The van der Waals surface area contributed by atoms with Crippen LogP contribution < -0.4 is 4.74 Å². The van der Waals surface area contributed by atoms with Gasteiger partial charge in [-0.15, -0.1) is 0 Å². The number of rotatable bonds is 6. The van der Waals surface area contributed by atoms with Crippen molar-refractivity contribution >= 4 is 35.0 Å². The highest BCUT2D eigenvalue weighted by molar-refractivity contribution is 7.99. The van der Waals surface area contributed by atoms with Gasteiger partial charge in [0, 0.05) is 29.2 Å². The monoisotopic (exact) mass is 344 g/mol. The lowest BCUT2D eigenvalue weighted by Gasteiger charge is -2.12. The van der Waals surface area contributed by atoms with Crippen LogP contribution in [-0.4, -0.2) is 33.5 Å². The van der Waals surface area contributed by atoms with Crippen LogP contribution in [0.1, 0.15) is 5.56 Å². The SMILES string of the molecule is Cc1cnc(SCC(O)COc2cc(Cl)ccc2Cl)nc1. The van der Waals surface area contributed by atoms with E-state index in [1.54, 1.807) is 30.6 Å². The number of ether oxygens (including phenoxy) is 1. The quantitative estimate of drug-likeness (QED) is 0.640. The lowest BCUT2D eigenvalue weighted by atomic mass is 10.3. The number of nitrogens with zero attached hydrogens (tertiary/aromatic N) is 2. The standard InChI is InChI=1S/C14H14Cl2N2O2S/c1-9-5-17-14(18-6-9)21-8-11(19)7-20-13-4-10(15)2-3-12(13)16/h2-6,11,19H,7-8H2,1H3. The first kappa shape index (κ1) is 16.4. The predicted octanol–water partition coefficient (Wildman–Crippen LogP) is 3.62. The molecule has 0 bridgehead atoms. The predicted molar refractivity (Wildman–Crippen MR) is 85.5 cm³/mol. The van der Waals surface area contributed by atoms with E-state index in [1.807, 2.05) is 6.92 Å². The molecule has 0 spiro atoms. The zero-order valence-electron chi connectivity index (χ0n) is 11.3. The molecule has 0 fully saturated rings. The molecular formula is C14H14Cl2N2O2S. The summed E-state index contributed by atoms with van der Waals surface area (Å²) in [6.45, 7) is 2.05. The summed E-state index contributed by atoms with van der Waals surface area (Å²) < 4.78 is 5.47. The normalized spacial score (nSPS) is 12.2. The van der Waals surface area contributed by atoms with Crippen molar-refractivity contribution in [1.29, 1.82) is 0 Å². The van der Waals surface area contributed by atoms with E-state index >= 15 is 0 Å². The number of benzene rings is 1. The van der Waals surface area contributed by atoms with E-state index in [9.17, 15) is 5.11 Å². The Morgan fingerprint density at radius 3 is 2.71 bits per heavy atom. The molecular weight excluding hydrogens is 331 g/mol. The number of hydrogen-bond donors (Lipinski definition) is 1. The minimum absolute atomic E-state index is 0.124. The summed E-state index contributed by atoms with van der Waals surface area (Å²) in [6, 6.07) is 4.95. The highest BCUT2D eigenvalue weighted by Crippen LogP contribution is 2.27. The molecule has 1 atom stereocenters. The third kappa shape index (κ3) is 5.36. The Kier molecular flexibility index (Phi) is 6.11. The Balaban J connectivity index is 1.80. The van der Waals surface area contributed by atoms with E-state index < -0.39 is 6.10 Å². The number of hydrogen-bond acceptors (Lipinski definition) is 5. The van der Waals surface area contributed by atoms with Gasteiger partial charge in [0.25, 0.3) is 0 Å². The summed E-state index contributed by atoms with van der Waals surface area (Å²) in [5, 5.41) is 11.5. The molecule has 1 unspecified atom stereocenters. The van der Waals surface area contributed by atoms with Gasteiger partial charge in [0.15, 0.2) is 5.16 Å². The molecule has 2 aromatic rings. The molecule has 1 heterocycles. The van der Waals surface area contributed by atoms with Gasteiger partial charge in [-0.2, -0.15) is 0 Å². The minimum atomic E-state index is -0.657. The topological polar surface area (TPSA) is 55.2 Å². The molecule has 7 heteroatoms. The fourth-order valence-corrected chi connectivity index (χ4v) is 2.47. The van der Waals surface area contributed by atoms with Gasteiger partial charge in [-0.05, 0) is 24.6 Å². The van der Waals surface area contributed by atoms with Gasteiger partial charge in [-0.1, -0.05) is 35.0 Å². The molecule has 0 aliphatic heterocycles. The maximum atomic E-state index is 9.91. The average molecular weight is 345 g/mol. The first-order valence-corrected chi connectivity index (χ1v) is 7.96. The molecule has 21 heavy (non-hydrogen) atoms. The van der Waals surface area contributed by atoms with Crippen LogP contribution in [0, 0.1) is 6.92 Å². The maximum absolute atomic E-state index is 9.91. The van der Waals surface area contributed by atoms with Crippen molar-refractivity contribution in [1.82, 2.24) is 9.97 Å². The Labute approximate surface area is 137 Å². The lowest BCUT2D eigenvalue weighted by Crippen LogP contribution is -2.20. The van der Waals surface area contributed by atoms with Crippen LogP contribution in [-0.2, 0) is 0 Å². The Bertz CT molecular complexity index is 596. The Morgan fingerprint density at radius 1 is 1.29 bits per heavy atom. The van der Waals surface area contributed by atoms with Crippen molar-refractivity contribution < 1.29 is 9.84 Å². The third-order valence-electron chi connectivity index (χ3n) is 2.49. The van der Waals surface area contributed by atoms with Gasteiger partial charge in [0.1, 0.15) is 12.4 Å². The van der Waals surface area contributed by atoms with Gasteiger partial charge in [0.2, 0.25) is 0 Å². The molecule has 0 aliphatic carbocycles. The van der Waals surface area contributed by atoms with Crippen molar-refractivity contribution in [3.05, 3.63) is 46.2 Å². The lowest BCUT2D eigenvalue weighted by molar-refractivity contribution is 0.126. The summed E-state index contributed by atoms with van der Waals surface area (Å²) in [7, 11) is 0. The molecule has 0 radical (unpaired) electrons. The van der Waals surface area contributed by atoms with Gasteiger partial charge in [-0.25, -0.2) is 9.97 Å². The second kappa shape index (κ2) is 7.84. The van der Waals surface area contributed by atoms with Crippen molar-refractivity contribution in [2.24, 2.45) is 0 Å². The maximum Gasteiger partial charge on any atom is 0.187 e. The largest absolute Gasteiger partial charge is 0.489 e. The highest BCUT2D eigenvalue weighted by atomic mass is 35.5. The van der Waals surface area contributed by atoms with Gasteiger partial charge < -0.3 is 9.84 Å². The van der Waals surface area contributed by atoms with Crippen LogP contribution in [0.5, 0.6) is 5.75 Å². The van der Waals surface area contributed by atoms with Crippen LogP contribution in [0.25, 0.3) is 0 Å². The van der Waals surface area contributed by atoms with Crippen LogP contribution in [0.4, 0.5) is 0 Å². The van der Waals surface area contributed by atoms with Gasteiger partial charge in [0.05, 0.1) is 11.1 Å². The molecule has 1 aromatic heterocycles. The molecule has 1 aromatic carbocycles. The summed E-state index contributed by atoms with van der Waals surface area (Å²) in [5.41, 5.74) is 0.999. The number of aromatic nitrogens is 2. The van der Waals surface area contributed by atoms with Crippen molar-refractivity contribution in [2.75, 3.05) is 12.4 Å². The molecule has 1 N–H and O–H groups in total. The van der Waals surface area contributed by atoms with E-state index in [2.05, 4.69) is 9.97 Å². The second-order valence-corrected chi connectivity index (χ2v) is 6.22. The van der Waals surface area contributed by atoms with Crippen molar-refractivity contribution in [3.63, 3.8) is 0 Å². The van der Waals surface area contributed by atoms with Crippen molar-refractivity contribution in [2.45, 2.75) is 18.2 Å². The second-order valence-electron chi connectivity index (χ2n) is 4.39. The number of aliphatic hydroxyl groups is 1. The highest BCUT2D eigenvalue weighted by Gasteiger charge is 2.10. The van der Waals surface area contributed by atoms with E-state index in [-0.39, 0.29) is 6.61 Å². The zero-order chi connectivity index (χ0) is 15.2. The van der Waals surface area contributed by atoms with Crippen LogP contribution in [0.15, 0.2) is 35.7 Å². The Morgan fingerprint density at radius 2 is 2.00 bits per heavy atom.